The van der Waals surface area contributed by atoms with E-state index >= 15 is 0 Å². The monoisotopic (exact) mass is 390 g/mol. The van der Waals surface area contributed by atoms with E-state index < -0.39 is 0 Å². The van der Waals surface area contributed by atoms with E-state index in [0.29, 0.717) is 12.0 Å². The fraction of sp³-hybridized carbons (Fsp3) is 0.480. The molecule has 29 heavy (non-hydrogen) atoms. The van der Waals surface area contributed by atoms with Crippen molar-refractivity contribution in [2.45, 2.75) is 52.5 Å². The third-order valence-corrected chi connectivity index (χ3v) is 5.83. The molecule has 1 aliphatic heterocycles. The molecule has 0 amide bonds. The Kier molecular flexibility index (Phi) is 7.55. The summed E-state index contributed by atoms with van der Waals surface area (Å²) in [6.45, 7) is 9.36. The van der Waals surface area contributed by atoms with Crippen LogP contribution < -0.4 is 10.2 Å². The van der Waals surface area contributed by atoms with Gasteiger partial charge >= 0.3 is 0 Å². The van der Waals surface area contributed by atoms with Gasteiger partial charge in [0.05, 0.1) is 0 Å². The third kappa shape index (κ3) is 4.92. The maximum absolute atomic E-state index is 5.62. The van der Waals surface area contributed by atoms with Crippen molar-refractivity contribution in [1.82, 2.24) is 15.5 Å². The molecule has 2 aromatic rings. The molecule has 1 aromatic heterocycles. The SMILES string of the molecule is C#CC(CC)CNC1CCN(c2n[nH]c(CCC)c2/C(=C\C)c2ccccc2)C1. The van der Waals surface area contributed by atoms with Crippen LogP contribution >= 0.6 is 0 Å². The van der Waals surface area contributed by atoms with E-state index in [0.717, 1.165) is 51.1 Å². The van der Waals surface area contributed by atoms with Crippen LogP contribution in [0.5, 0.6) is 0 Å². The molecule has 0 aliphatic carbocycles. The highest BCUT2D eigenvalue weighted by Crippen LogP contribution is 2.35. The number of allylic oxidation sites excluding steroid dienone is 1. The molecule has 154 valence electrons. The van der Waals surface area contributed by atoms with Gasteiger partial charge in [-0.2, -0.15) is 5.10 Å². The predicted octanol–water partition coefficient (Wildman–Crippen LogP) is 4.64. The van der Waals surface area contributed by atoms with Crippen LogP contribution in [0.15, 0.2) is 36.4 Å². The summed E-state index contributed by atoms with van der Waals surface area (Å²) in [5.74, 6) is 4.28. The topological polar surface area (TPSA) is 44.0 Å². The van der Waals surface area contributed by atoms with E-state index in [2.05, 4.69) is 78.4 Å². The number of hydrogen-bond donors (Lipinski definition) is 2. The van der Waals surface area contributed by atoms with Gasteiger partial charge in [0.1, 0.15) is 0 Å². The highest BCUT2D eigenvalue weighted by Gasteiger charge is 2.28. The van der Waals surface area contributed by atoms with Crippen LogP contribution in [0.1, 0.15) is 56.9 Å². The number of aromatic nitrogens is 2. The summed E-state index contributed by atoms with van der Waals surface area (Å²) in [4.78, 5) is 2.42. The molecule has 2 atom stereocenters. The molecule has 2 unspecified atom stereocenters. The van der Waals surface area contributed by atoms with Crippen molar-refractivity contribution in [3.8, 4) is 12.3 Å². The molecule has 0 saturated carbocycles. The number of terminal acetylenes is 1. The number of rotatable bonds is 9. The first-order valence-electron chi connectivity index (χ1n) is 11.0. The average molecular weight is 391 g/mol. The van der Waals surface area contributed by atoms with Crippen LogP contribution in [0, 0.1) is 18.3 Å². The van der Waals surface area contributed by atoms with Crippen molar-refractivity contribution in [3.63, 3.8) is 0 Å². The lowest BCUT2D eigenvalue weighted by molar-refractivity contribution is 0.491. The van der Waals surface area contributed by atoms with E-state index in [1.54, 1.807) is 0 Å². The Morgan fingerprint density at radius 3 is 2.83 bits per heavy atom. The normalized spacial score (nSPS) is 18.1. The molecule has 1 aliphatic rings. The van der Waals surface area contributed by atoms with Crippen LogP contribution in [0.25, 0.3) is 5.57 Å². The standard InChI is InChI=1S/C25H34N4/c1-5-12-23-24(22(8-4)20-13-10-9-11-14-20)25(28-27-23)29-16-15-21(18-29)26-17-19(6-2)7-3/h2,8-11,13-14,19,21,26H,5,7,12,15-18H2,1,3-4H3,(H,27,28)/b22-8-. The van der Waals surface area contributed by atoms with Gasteiger partial charge in [0.25, 0.3) is 0 Å². The highest BCUT2D eigenvalue weighted by molar-refractivity contribution is 5.86. The Labute approximate surface area is 175 Å². The number of nitrogens with one attached hydrogen (secondary N) is 2. The predicted molar refractivity (Wildman–Crippen MR) is 123 cm³/mol. The number of aromatic amines is 1. The van der Waals surface area contributed by atoms with Gasteiger partial charge in [-0.1, -0.05) is 56.7 Å². The average Bonchev–Trinajstić information content (AvgIpc) is 3.38. The molecule has 1 saturated heterocycles. The minimum Gasteiger partial charge on any atom is -0.353 e. The highest BCUT2D eigenvalue weighted by atomic mass is 15.3. The molecule has 0 radical (unpaired) electrons. The Morgan fingerprint density at radius 1 is 1.38 bits per heavy atom. The Morgan fingerprint density at radius 2 is 2.17 bits per heavy atom. The first kappa shape index (κ1) is 21.2. The van der Waals surface area contributed by atoms with E-state index in [-0.39, 0.29) is 0 Å². The Bertz CT molecular complexity index is 843. The lowest BCUT2D eigenvalue weighted by Gasteiger charge is -2.20. The van der Waals surface area contributed by atoms with Gasteiger partial charge in [0.2, 0.25) is 0 Å². The van der Waals surface area contributed by atoms with Crippen LogP contribution in [-0.4, -0.2) is 35.9 Å². The number of hydrogen-bond acceptors (Lipinski definition) is 3. The van der Waals surface area contributed by atoms with Crippen molar-refractivity contribution in [3.05, 3.63) is 53.2 Å². The molecule has 3 rings (SSSR count). The minimum atomic E-state index is 0.314. The molecule has 4 nitrogen and oxygen atoms in total. The number of nitrogens with zero attached hydrogens (tertiary/aromatic N) is 2. The molecule has 2 heterocycles. The Balaban J connectivity index is 1.83. The van der Waals surface area contributed by atoms with E-state index in [1.807, 2.05) is 0 Å². The summed E-state index contributed by atoms with van der Waals surface area (Å²) in [5.41, 5.74) is 4.99. The number of benzene rings is 1. The molecule has 1 aromatic carbocycles. The fourth-order valence-electron chi connectivity index (χ4n) is 4.13. The van der Waals surface area contributed by atoms with E-state index in [4.69, 9.17) is 11.5 Å². The van der Waals surface area contributed by atoms with Gasteiger partial charge in [-0.05, 0) is 37.3 Å². The van der Waals surface area contributed by atoms with E-state index in [9.17, 15) is 0 Å². The minimum absolute atomic E-state index is 0.314. The molecule has 2 N–H and O–H groups in total. The van der Waals surface area contributed by atoms with Crippen molar-refractivity contribution >= 4 is 11.4 Å². The second-order valence-corrected chi connectivity index (χ2v) is 7.83. The molecule has 0 spiro atoms. The molecule has 4 heteroatoms. The summed E-state index contributed by atoms with van der Waals surface area (Å²) in [5, 5.41) is 11.8. The maximum atomic E-state index is 5.62. The van der Waals surface area contributed by atoms with Gasteiger partial charge in [-0.3, -0.25) is 5.10 Å². The summed E-state index contributed by atoms with van der Waals surface area (Å²) in [6.07, 6.45) is 12.1. The van der Waals surface area contributed by atoms with Gasteiger partial charge in [0, 0.05) is 42.9 Å². The lowest BCUT2D eigenvalue weighted by Crippen LogP contribution is -2.35. The quantitative estimate of drug-likeness (QED) is 0.613. The van der Waals surface area contributed by atoms with Crippen LogP contribution in [-0.2, 0) is 6.42 Å². The van der Waals surface area contributed by atoms with E-state index in [1.165, 1.54) is 22.4 Å². The number of H-pyrrole nitrogens is 1. The first-order chi connectivity index (χ1) is 14.2. The van der Waals surface area contributed by atoms with Crippen molar-refractivity contribution in [2.24, 2.45) is 5.92 Å². The molecular formula is C25H34N4. The van der Waals surface area contributed by atoms with Crippen molar-refractivity contribution in [2.75, 3.05) is 24.5 Å². The second-order valence-electron chi connectivity index (χ2n) is 7.83. The fourth-order valence-corrected chi connectivity index (χ4v) is 4.13. The van der Waals surface area contributed by atoms with Crippen molar-refractivity contribution in [1.29, 1.82) is 0 Å². The molecule has 1 fully saturated rings. The number of anilines is 1. The summed E-state index contributed by atoms with van der Waals surface area (Å²) < 4.78 is 0. The smallest absolute Gasteiger partial charge is 0.158 e. The molecular weight excluding hydrogens is 356 g/mol. The summed E-state index contributed by atoms with van der Waals surface area (Å²) in [7, 11) is 0. The third-order valence-electron chi connectivity index (χ3n) is 5.83. The first-order valence-corrected chi connectivity index (χ1v) is 11.0. The zero-order valence-corrected chi connectivity index (χ0v) is 18.0. The summed E-state index contributed by atoms with van der Waals surface area (Å²) in [6, 6.07) is 11.1. The van der Waals surface area contributed by atoms with Gasteiger partial charge in [-0.25, -0.2) is 0 Å². The maximum Gasteiger partial charge on any atom is 0.158 e. The Hall–Kier alpha value is -2.51. The zero-order valence-electron chi connectivity index (χ0n) is 18.0. The zero-order chi connectivity index (χ0) is 20.6. The van der Waals surface area contributed by atoms with Crippen LogP contribution in [0.4, 0.5) is 5.82 Å². The lowest BCUT2D eigenvalue weighted by atomic mass is 9.95. The van der Waals surface area contributed by atoms with Crippen LogP contribution in [0.2, 0.25) is 0 Å². The second kappa shape index (κ2) is 10.3. The van der Waals surface area contributed by atoms with Gasteiger partial charge in [0.15, 0.2) is 5.82 Å². The van der Waals surface area contributed by atoms with Gasteiger partial charge < -0.3 is 10.2 Å². The molecule has 0 bridgehead atoms. The van der Waals surface area contributed by atoms with Gasteiger partial charge in [-0.15, -0.1) is 12.3 Å². The number of aryl methyl sites for hydroxylation is 1. The largest absolute Gasteiger partial charge is 0.353 e. The summed E-state index contributed by atoms with van der Waals surface area (Å²) >= 11 is 0. The van der Waals surface area contributed by atoms with Crippen molar-refractivity contribution < 1.29 is 0 Å². The van der Waals surface area contributed by atoms with Crippen LogP contribution in [0.3, 0.4) is 0 Å².